The van der Waals surface area contributed by atoms with Gasteiger partial charge >= 0.3 is 6.03 Å². The number of imide groups is 1. The number of carbonyl (C=O) groups is 2. The molecule has 2 heterocycles. The molecule has 1 spiro atoms. The Balaban J connectivity index is 2.31. The van der Waals surface area contributed by atoms with E-state index >= 15 is 0 Å². The van der Waals surface area contributed by atoms with Gasteiger partial charge in [-0.1, -0.05) is 0 Å². The van der Waals surface area contributed by atoms with Crippen LogP contribution in [0.4, 0.5) is 4.79 Å². The fourth-order valence-electron chi connectivity index (χ4n) is 3.81. The number of piperidine rings is 1. The second kappa shape index (κ2) is 4.95. The Hall–Kier alpha value is -1.14. The molecule has 1 N–H and O–H groups in total. The highest BCUT2D eigenvalue weighted by Gasteiger charge is 2.60. The fraction of sp³-hybridized carbons (Fsp3) is 0.867. The zero-order valence-electron chi connectivity index (χ0n) is 13.9. The molecule has 0 unspecified atom stereocenters. The van der Waals surface area contributed by atoms with Crippen LogP contribution in [0.15, 0.2) is 0 Å². The van der Waals surface area contributed by atoms with Gasteiger partial charge in [0.15, 0.2) is 0 Å². The van der Waals surface area contributed by atoms with Crippen molar-refractivity contribution in [1.29, 1.82) is 0 Å². The number of urea groups is 1. The van der Waals surface area contributed by atoms with Crippen LogP contribution in [0.2, 0.25) is 0 Å². The third-order valence-corrected chi connectivity index (χ3v) is 4.96. The summed E-state index contributed by atoms with van der Waals surface area (Å²) >= 11 is 0. The minimum Gasteiger partial charge on any atom is -0.361 e. The standard InChI is InChI=1S/C15H27N3O3/c1-7-21-10-18-11(19)15(16-12(18)20)8-13(2,3)17(6)14(4,5)9-15/h7-10H2,1-6H3,(H,16,20). The fourth-order valence-corrected chi connectivity index (χ4v) is 3.81. The Kier molecular flexibility index (Phi) is 3.83. The molecule has 0 aromatic carbocycles. The number of hydrogen-bond acceptors (Lipinski definition) is 4. The van der Waals surface area contributed by atoms with Crippen molar-refractivity contribution in [3.05, 3.63) is 0 Å². The number of hydrogen-bond donors (Lipinski definition) is 1. The summed E-state index contributed by atoms with van der Waals surface area (Å²) in [5, 5.41) is 2.94. The molecular weight excluding hydrogens is 270 g/mol. The first kappa shape index (κ1) is 16.2. The lowest BCUT2D eigenvalue weighted by atomic mass is 9.69. The van der Waals surface area contributed by atoms with Gasteiger partial charge in [0, 0.05) is 17.7 Å². The Bertz CT molecular complexity index is 441. The van der Waals surface area contributed by atoms with Crippen LogP contribution in [-0.2, 0) is 9.53 Å². The van der Waals surface area contributed by atoms with E-state index in [0.717, 1.165) is 0 Å². The van der Waals surface area contributed by atoms with Crippen molar-refractivity contribution in [2.75, 3.05) is 20.4 Å². The summed E-state index contributed by atoms with van der Waals surface area (Å²) < 4.78 is 5.25. The number of amides is 3. The molecule has 2 saturated heterocycles. The molecule has 0 aromatic rings. The van der Waals surface area contributed by atoms with Crippen molar-refractivity contribution >= 4 is 11.9 Å². The Morgan fingerprint density at radius 2 is 1.67 bits per heavy atom. The minimum absolute atomic E-state index is 0.0274. The highest BCUT2D eigenvalue weighted by atomic mass is 16.5. The average molecular weight is 297 g/mol. The predicted molar refractivity (Wildman–Crippen MR) is 79.8 cm³/mol. The summed E-state index contributed by atoms with van der Waals surface area (Å²) in [6, 6.07) is -0.343. The summed E-state index contributed by atoms with van der Waals surface area (Å²) in [4.78, 5) is 28.5. The molecule has 6 nitrogen and oxygen atoms in total. The van der Waals surface area contributed by atoms with Gasteiger partial charge in [-0.25, -0.2) is 9.69 Å². The van der Waals surface area contributed by atoms with Crippen LogP contribution in [0.25, 0.3) is 0 Å². The van der Waals surface area contributed by atoms with Crippen molar-refractivity contribution in [1.82, 2.24) is 15.1 Å². The van der Waals surface area contributed by atoms with E-state index in [1.807, 2.05) is 6.92 Å². The quantitative estimate of drug-likeness (QED) is 0.803. The molecule has 2 rings (SSSR count). The first-order valence-electron chi connectivity index (χ1n) is 7.51. The van der Waals surface area contributed by atoms with Gasteiger partial charge < -0.3 is 10.1 Å². The molecule has 0 saturated carbocycles. The van der Waals surface area contributed by atoms with Crippen LogP contribution in [0.5, 0.6) is 0 Å². The summed E-state index contributed by atoms with van der Waals surface area (Å²) in [5.41, 5.74) is -1.16. The number of nitrogens with zero attached hydrogens (tertiary/aromatic N) is 2. The SMILES string of the molecule is CCOCN1C(=O)NC2(CC(C)(C)N(C)C(C)(C)C2)C1=O. The zero-order valence-corrected chi connectivity index (χ0v) is 13.9. The topological polar surface area (TPSA) is 61.9 Å². The molecular formula is C15H27N3O3. The maximum absolute atomic E-state index is 12.8. The summed E-state index contributed by atoms with van der Waals surface area (Å²) in [6.07, 6.45) is 1.21. The van der Waals surface area contributed by atoms with Crippen LogP contribution >= 0.6 is 0 Å². The van der Waals surface area contributed by atoms with Crippen molar-refractivity contribution in [2.45, 2.75) is 64.1 Å². The molecule has 2 aliphatic heterocycles. The van der Waals surface area contributed by atoms with E-state index in [2.05, 4.69) is 45.0 Å². The van der Waals surface area contributed by atoms with E-state index < -0.39 is 5.54 Å². The van der Waals surface area contributed by atoms with Gasteiger partial charge in [0.05, 0.1) is 0 Å². The zero-order chi connectivity index (χ0) is 16.1. The summed E-state index contributed by atoms with van der Waals surface area (Å²) in [5.74, 6) is -0.157. The Morgan fingerprint density at radius 3 is 2.14 bits per heavy atom. The normalized spacial score (nSPS) is 27.2. The molecule has 2 fully saturated rings. The molecule has 0 atom stereocenters. The maximum atomic E-state index is 12.8. The van der Waals surface area contributed by atoms with Gasteiger partial charge in [0.1, 0.15) is 12.3 Å². The monoisotopic (exact) mass is 297 g/mol. The second-order valence-electron chi connectivity index (χ2n) is 7.40. The van der Waals surface area contributed by atoms with Crippen molar-refractivity contribution in [3.63, 3.8) is 0 Å². The van der Waals surface area contributed by atoms with Gasteiger partial charge in [0.2, 0.25) is 0 Å². The van der Waals surface area contributed by atoms with Crippen molar-refractivity contribution < 1.29 is 14.3 Å². The third kappa shape index (κ3) is 2.55. The van der Waals surface area contributed by atoms with Crippen LogP contribution in [0.3, 0.4) is 0 Å². The summed E-state index contributed by atoms with van der Waals surface area (Å²) in [6.45, 7) is 10.8. The first-order chi connectivity index (χ1) is 9.56. The van der Waals surface area contributed by atoms with Gasteiger partial charge in [-0.15, -0.1) is 0 Å². The minimum atomic E-state index is -0.812. The number of rotatable bonds is 3. The lowest BCUT2D eigenvalue weighted by Crippen LogP contribution is -2.68. The van der Waals surface area contributed by atoms with Crippen LogP contribution < -0.4 is 5.32 Å². The third-order valence-electron chi connectivity index (χ3n) is 4.96. The highest BCUT2D eigenvalue weighted by molar-refractivity contribution is 6.07. The van der Waals surface area contributed by atoms with Crippen LogP contribution in [0, 0.1) is 0 Å². The Morgan fingerprint density at radius 1 is 1.14 bits per heavy atom. The molecule has 0 aromatic heterocycles. The molecule has 0 bridgehead atoms. The lowest BCUT2D eigenvalue weighted by Gasteiger charge is -2.56. The lowest BCUT2D eigenvalue weighted by molar-refractivity contribution is -0.142. The van der Waals surface area contributed by atoms with Gasteiger partial charge in [0.25, 0.3) is 5.91 Å². The molecule has 0 radical (unpaired) electrons. The van der Waals surface area contributed by atoms with E-state index in [4.69, 9.17) is 4.74 Å². The van der Waals surface area contributed by atoms with E-state index in [0.29, 0.717) is 19.4 Å². The number of nitrogens with one attached hydrogen (secondary N) is 1. The Labute approximate surface area is 126 Å². The van der Waals surface area contributed by atoms with E-state index in [1.54, 1.807) is 0 Å². The van der Waals surface area contributed by atoms with Gasteiger partial charge in [-0.3, -0.25) is 9.69 Å². The van der Waals surface area contributed by atoms with Gasteiger partial charge in [-0.05, 0) is 54.5 Å². The predicted octanol–water partition coefficient (Wildman–Crippen LogP) is 1.55. The van der Waals surface area contributed by atoms with Crippen LogP contribution in [-0.4, -0.2) is 58.7 Å². The summed E-state index contributed by atoms with van der Waals surface area (Å²) in [7, 11) is 2.08. The number of carbonyl (C=O) groups excluding carboxylic acids is 2. The molecule has 120 valence electrons. The van der Waals surface area contributed by atoms with Crippen LogP contribution in [0.1, 0.15) is 47.5 Å². The molecule has 6 heteroatoms. The van der Waals surface area contributed by atoms with Gasteiger partial charge in [-0.2, -0.15) is 0 Å². The number of likely N-dealkylation sites (tertiary alicyclic amines) is 1. The molecule has 0 aliphatic carbocycles. The van der Waals surface area contributed by atoms with E-state index in [-0.39, 0.29) is 29.7 Å². The maximum Gasteiger partial charge on any atom is 0.326 e. The van der Waals surface area contributed by atoms with E-state index in [9.17, 15) is 9.59 Å². The average Bonchev–Trinajstić information content (AvgIpc) is 2.55. The first-order valence-corrected chi connectivity index (χ1v) is 7.51. The number of ether oxygens (including phenoxy) is 1. The molecule has 2 aliphatic rings. The highest BCUT2D eigenvalue weighted by Crippen LogP contribution is 2.44. The molecule has 3 amide bonds. The van der Waals surface area contributed by atoms with Crippen molar-refractivity contribution in [3.8, 4) is 0 Å². The molecule has 21 heavy (non-hydrogen) atoms. The van der Waals surface area contributed by atoms with E-state index in [1.165, 1.54) is 4.90 Å². The smallest absolute Gasteiger partial charge is 0.326 e. The largest absolute Gasteiger partial charge is 0.361 e. The van der Waals surface area contributed by atoms with Crippen molar-refractivity contribution in [2.24, 2.45) is 0 Å². The second-order valence-corrected chi connectivity index (χ2v) is 7.40.